The second-order valence-corrected chi connectivity index (χ2v) is 7.38. The zero-order valence-electron chi connectivity index (χ0n) is 13.1. The molecule has 3 nitrogen and oxygen atoms in total. The van der Waals surface area contributed by atoms with Crippen molar-refractivity contribution in [3.05, 3.63) is 29.8 Å². The highest BCUT2D eigenvalue weighted by Crippen LogP contribution is 2.37. The van der Waals surface area contributed by atoms with Crippen molar-refractivity contribution in [3.63, 3.8) is 0 Å². The third kappa shape index (κ3) is 3.98. The highest BCUT2D eigenvalue weighted by Gasteiger charge is 2.37. The number of rotatable bonds is 3. The molecule has 0 atom stereocenters. The standard InChI is InChI=1S/C17H24N2OS.ClH/c1-14-4-2-3-5-15(14)21-12-16(20)19-10-7-17(8-11-19)6-9-18-13-17;/h2-5,18H,6-13H2,1H3;1H. The number of hydrogen-bond donors (Lipinski definition) is 1. The molecule has 2 saturated heterocycles. The Bertz CT molecular complexity index is 507. The number of nitrogens with one attached hydrogen (secondary N) is 1. The van der Waals surface area contributed by atoms with E-state index in [1.807, 2.05) is 12.1 Å². The lowest BCUT2D eigenvalue weighted by atomic mass is 9.78. The molecule has 0 radical (unpaired) electrons. The number of carbonyl (C=O) groups excluding carboxylic acids is 1. The average Bonchev–Trinajstić information content (AvgIpc) is 2.95. The minimum absolute atomic E-state index is 0. The van der Waals surface area contributed by atoms with Crippen molar-refractivity contribution in [2.75, 3.05) is 31.9 Å². The molecular weight excluding hydrogens is 316 g/mol. The van der Waals surface area contributed by atoms with Gasteiger partial charge in [0.1, 0.15) is 0 Å². The highest BCUT2D eigenvalue weighted by atomic mass is 35.5. The van der Waals surface area contributed by atoms with Crippen LogP contribution in [0.25, 0.3) is 0 Å². The summed E-state index contributed by atoms with van der Waals surface area (Å²) in [5.41, 5.74) is 1.74. The zero-order valence-corrected chi connectivity index (χ0v) is 14.8. The van der Waals surface area contributed by atoms with Gasteiger partial charge in [-0.2, -0.15) is 0 Å². The Labute approximate surface area is 143 Å². The SMILES string of the molecule is Cc1ccccc1SCC(=O)N1CCC2(CCNC2)CC1.Cl. The van der Waals surface area contributed by atoms with Gasteiger partial charge in [0.25, 0.3) is 0 Å². The Hall–Kier alpha value is -0.710. The van der Waals surface area contributed by atoms with Gasteiger partial charge >= 0.3 is 0 Å². The Balaban J connectivity index is 0.00000176. The van der Waals surface area contributed by atoms with Crippen molar-refractivity contribution < 1.29 is 4.79 Å². The summed E-state index contributed by atoms with van der Waals surface area (Å²) in [4.78, 5) is 15.7. The maximum atomic E-state index is 12.4. The van der Waals surface area contributed by atoms with E-state index >= 15 is 0 Å². The first-order chi connectivity index (χ1) is 10.2. The number of likely N-dealkylation sites (tertiary alicyclic amines) is 1. The van der Waals surface area contributed by atoms with Gasteiger partial charge in [0.2, 0.25) is 5.91 Å². The molecule has 122 valence electrons. The molecule has 0 unspecified atom stereocenters. The maximum Gasteiger partial charge on any atom is 0.232 e. The normalized spacial score (nSPS) is 20.0. The third-order valence-electron chi connectivity index (χ3n) is 4.95. The van der Waals surface area contributed by atoms with Gasteiger partial charge < -0.3 is 10.2 Å². The molecular formula is C17H25ClN2OS. The van der Waals surface area contributed by atoms with Crippen LogP contribution in [0, 0.1) is 12.3 Å². The van der Waals surface area contributed by atoms with E-state index in [9.17, 15) is 4.79 Å². The van der Waals surface area contributed by atoms with Gasteiger partial charge in [0, 0.05) is 24.5 Å². The highest BCUT2D eigenvalue weighted by molar-refractivity contribution is 8.00. The lowest BCUT2D eigenvalue weighted by molar-refractivity contribution is -0.130. The van der Waals surface area contributed by atoms with E-state index in [4.69, 9.17) is 0 Å². The molecule has 3 rings (SSSR count). The Kier molecular flexibility index (Phi) is 6.18. The number of amides is 1. The number of aryl methyl sites for hydroxylation is 1. The summed E-state index contributed by atoms with van der Waals surface area (Å²) in [6.45, 7) is 6.28. The molecule has 1 spiro atoms. The minimum atomic E-state index is 0. The Morgan fingerprint density at radius 2 is 2.00 bits per heavy atom. The molecule has 0 bridgehead atoms. The number of carbonyl (C=O) groups is 1. The topological polar surface area (TPSA) is 32.3 Å². The fourth-order valence-electron chi connectivity index (χ4n) is 3.40. The summed E-state index contributed by atoms with van der Waals surface area (Å²) < 4.78 is 0. The van der Waals surface area contributed by atoms with Gasteiger partial charge in [-0.05, 0) is 49.8 Å². The molecule has 22 heavy (non-hydrogen) atoms. The van der Waals surface area contributed by atoms with Crippen molar-refractivity contribution in [2.45, 2.75) is 31.1 Å². The van der Waals surface area contributed by atoms with E-state index in [-0.39, 0.29) is 12.4 Å². The number of nitrogens with zero attached hydrogens (tertiary/aromatic N) is 1. The van der Waals surface area contributed by atoms with Crippen molar-refractivity contribution in [3.8, 4) is 0 Å². The monoisotopic (exact) mass is 340 g/mol. The molecule has 0 aliphatic carbocycles. The summed E-state index contributed by atoms with van der Waals surface area (Å²) >= 11 is 1.67. The van der Waals surface area contributed by atoms with Gasteiger partial charge in [-0.3, -0.25) is 4.79 Å². The van der Waals surface area contributed by atoms with Crippen molar-refractivity contribution in [1.82, 2.24) is 10.2 Å². The summed E-state index contributed by atoms with van der Waals surface area (Å²) in [5, 5.41) is 3.47. The molecule has 1 aromatic carbocycles. The molecule has 2 aliphatic rings. The van der Waals surface area contributed by atoms with Gasteiger partial charge in [-0.15, -0.1) is 24.2 Å². The smallest absolute Gasteiger partial charge is 0.232 e. The molecule has 2 fully saturated rings. The van der Waals surface area contributed by atoms with E-state index in [2.05, 4.69) is 29.3 Å². The van der Waals surface area contributed by atoms with Crippen LogP contribution in [0.5, 0.6) is 0 Å². The Morgan fingerprint density at radius 1 is 1.27 bits per heavy atom. The predicted octanol–water partition coefficient (Wildman–Crippen LogP) is 3.11. The molecule has 0 aromatic heterocycles. The van der Waals surface area contributed by atoms with Crippen molar-refractivity contribution in [1.29, 1.82) is 0 Å². The number of halogens is 1. The summed E-state index contributed by atoms with van der Waals surface area (Å²) in [6.07, 6.45) is 3.62. The van der Waals surface area contributed by atoms with Crippen LogP contribution in [-0.4, -0.2) is 42.7 Å². The second-order valence-electron chi connectivity index (χ2n) is 6.36. The molecule has 0 saturated carbocycles. The lowest BCUT2D eigenvalue weighted by Crippen LogP contribution is -2.44. The molecule has 2 heterocycles. The number of piperidine rings is 1. The van der Waals surface area contributed by atoms with Crippen LogP contribution in [0.2, 0.25) is 0 Å². The second kappa shape index (κ2) is 7.71. The Morgan fingerprint density at radius 3 is 2.64 bits per heavy atom. The fourth-order valence-corrected chi connectivity index (χ4v) is 4.33. The minimum Gasteiger partial charge on any atom is -0.342 e. The average molecular weight is 341 g/mol. The van der Waals surface area contributed by atoms with Crippen molar-refractivity contribution in [2.24, 2.45) is 5.41 Å². The predicted molar refractivity (Wildman–Crippen MR) is 94.9 cm³/mol. The largest absolute Gasteiger partial charge is 0.342 e. The van der Waals surface area contributed by atoms with Crippen LogP contribution in [0.1, 0.15) is 24.8 Å². The third-order valence-corrected chi connectivity index (χ3v) is 6.11. The van der Waals surface area contributed by atoms with E-state index in [0.717, 1.165) is 26.2 Å². The van der Waals surface area contributed by atoms with Crippen LogP contribution >= 0.6 is 24.2 Å². The summed E-state index contributed by atoms with van der Waals surface area (Å²) in [5.74, 6) is 0.861. The van der Waals surface area contributed by atoms with Gasteiger partial charge in [-0.1, -0.05) is 18.2 Å². The molecule has 1 N–H and O–H groups in total. The first-order valence-electron chi connectivity index (χ1n) is 7.86. The number of benzene rings is 1. The first kappa shape index (κ1) is 17.6. The van der Waals surface area contributed by atoms with Gasteiger partial charge in [-0.25, -0.2) is 0 Å². The van der Waals surface area contributed by atoms with Crippen LogP contribution in [0.15, 0.2) is 29.2 Å². The molecule has 2 aliphatic heterocycles. The number of hydrogen-bond acceptors (Lipinski definition) is 3. The maximum absolute atomic E-state index is 12.4. The van der Waals surface area contributed by atoms with Crippen LogP contribution < -0.4 is 5.32 Å². The van der Waals surface area contributed by atoms with Crippen LogP contribution in [-0.2, 0) is 4.79 Å². The fraction of sp³-hybridized carbons (Fsp3) is 0.588. The summed E-state index contributed by atoms with van der Waals surface area (Å²) in [7, 11) is 0. The summed E-state index contributed by atoms with van der Waals surface area (Å²) in [6, 6.07) is 8.28. The molecule has 1 amide bonds. The van der Waals surface area contributed by atoms with Gasteiger partial charge in [0.15, 0.2) is 0 Å². The van der Waals surface area contributed by atoms with E-state index in [1.54, 1.807) is 11.8 Å². The molecule has 1 aromatic rings. The number of thioether (sulfide) groups is 1. The van der Waals surface area contributed by atoms with E-state index in [0.29, 0.717) is 17.1 Å². The van der Waals surface area contributed by atoms with Crippen LogP contribution in [0.3, 0.4) is 0 Å². The first-order valence-corrected chi connectivity index (χ1v) is 8.84. The lowest BCUT2D eigenvalue weighted by Gasteiger charge is -2.38. The quantitative estimate of drug-likeness (QED) is 0.858. The molecule has 5 heteroatoms. The van der Waals surface area contributed by atoms with Crippen molar-refractivity contribution >= 4 is 30.1 Å². The van der Waals surface area contributed by atoms with Crippen LogP contribution in [0.4, 0.5) is 0 Å². The zero-order chi connectivity index (χ0) is 14.7. The van der Waals surface area contributed by atoms with E-state index in [1.165, 1.54) is 29.7 Å². The van der Waals surface area contributed by atoms with Gasteiger partial charge in [0.05, 0.1) is 5.75 Å². The van der Waals surface area contributed by atoms with E-state index < -0.39 is 0 Å².